The van der Waals surface area contributed by atoms with Gasteiger partial charge in [-0.1, -0.05) is 36.4 Å². The molecule has 4 heteroatoms. The van der Waals surface area contributed by atoms with E-state index in [1.165, 1.54) is 11.1 Å². The van der Waals surface area contributed by atoms with Crippen LogP contribution in [0.2, 0.25) is 0 Å². The van der Waals surface area contributed by atoms with Gasteiger partial charge in [0.1, 0.15) is 11.5 Å². The highest BCUT2D eigenvalue weighted by Crippen LogP contribution is 2.27. The number of fused-ring (bicyclic) bond motifs is 1. The Hall–Kier alpha value is -3.11. The van der Waals surface area contributed by atoms with E-state index < -0.39 is 0 Å². The molecule has 27 heavy (non-hydrogen) atoms. The molecule has 0 aromatic heterocycles. The van der Waals surface area contributed by atoms with Gasteiger partial charge < -0.3 is 15.0 Å². The molecular formula is C23H22N2O2. The first kappa shape index (κ1) is 17.3. The third kappa shape index (κ3) is 4.01. The number of amides is 1. The summed E-state index contributed by atoms with van der Waals surface area (Å²) in [6, 6.07) is 22.9. The molecule has 1 aliphatic rings. The lowest BCUT2D eigenvalue weighted by molar-refractivity contribution is 0.102. The number of anilines is 1. The van der Waals surface area contributed by atoms with E-state index in [9.17, 15) is 4.79 Å². The van der Waals surface area contributed by atoms with Crippen molar-refractivity contribution in [1.82, 2.24) is 4.90 Å². The van der Waals surface area contributed by atoms with Gasteiger partial charge in [0, 0.05) is 18.8 Å². The van der Waals surface area contributed by atoms with Crippen LogP contribution in [0.5, 0.6) is 11.5 Å². The first-order valence-electron chi connectivity index (χ1n) is 9.13. The van der Waals surface area contributed by atoms with E-state index in [-0.39, 0.29) is 5.91 Å². The lowest BCUT2D eigenvalue weighted by Gasteiger charge is -2.25. The predicted molar refractivity (Wildman–Crippen MR) is 107 cm³/mol. The van der Waals surface area contributed by atoms with Crippen molar-refractivity contribution in [2.75, 3.05) is 18.9 Å². The highest BCUT2D eigenvalue weighted by atomic mass is 16.5. The number of hydrogen-bond acceptors (Lipinski definition) is 3. The zero-order valence-electron chi connectivity index (χ0n) is 15.3. The van der Waals surface area contributed by atoms with Crippen LogP contribution in [0.1, 0.15) is 21.5 Å². The van der Waals surface area contributed by atoms with Crippen LogP contribution < -0.4 is 10.1 Å². The number of nitrogens with one attached hydrogen (secondary N) is 1. The van der Waals surface area contributed by atoms with Gasteiger partial charge in [0.15, 0.2) is 0 Å². The lowest BCUT2D eigenvalue weighted by Crippen LogP contribution is -2.26. The van der Waals surface area contributed by atoms with Gasteiger partial charge in [-0.05, 0) is 61.0 Å². The fourth-order valence-electron chi connectivity index (χ4n) is 3.33. The normalized spacial score (nSPS) is 13.7. The Kier molecular flexibility index (Phi) is 4.90. The maximum Gasteiger partial charge on any atom is 0.259 e. The van der Waals surface area contributed by atoms with Crippen LogP contribution in [0.15, 0.2) is 72.8 Å². The summed E-state index contributed by atoms with van der Waals surface area (Å²) in [7, 11) is 2.12. The fourth-order valence-corrected chi connectivity index (χ4v) is 3.33. The molecule has 0 atom stereocenters. The van der Waals surface area contributed by atoms with Gasteiger partial charge in [-0.2, -0.15) is 0 Å². The van der Waals surface area contributed by atoms with Gasteiger partial charge in [0.2, 0.25) is 0 Å². The summed E-state index contributed by atoms with van der Waals surface area (Å²) < 4.78 is 5.91. The summed E-state index contributed by atoms with van der Waals surface area (Å²) in [4.78, 5) is 15.1. The van der Waals surface area contributed by atoms with Gasteiger partial charge in [-0.25, -0.2) is 0 Å². The van der Waals surface area contributed by atoms with Crippen molar-refractivity contribution in [2.24, 2.45) is 0 Å². The lowest BCUT2D eigenvalue weighted by atomic mass is 9.99. The Balaban J connectivity index is 1.55. The minimum absolute atomic E-state index is 0.175. The number of benzene rings is 3. The third-order valence-corrected chi connectivity index (χ3v) is 4.77. The first-order chi connectivity index (χ1) is 13.2. The second-order valence-corrected chi connectivity index (χ2v) is 6.84. The molecule has 0 fully saturated rings. The van der Waals surface area contributed by atoms with Gasteiger partial charge in [0.05, 0.1) is 5.56 Å². The maximum atomic E-state index is 12.9. The van der Waals surface area contributed by atoms with Crippen LogP contribution >= 0.6 is 0 Å². The van der Waals surface area contributed by atoms with Crippen molar-refractivity contribution in [3.05, 3.63) is 89.5 Å². The van der Waals surface area contributed by atoms with E-state index in [2.05, 4.69) is 29.4 Å². The third-order valence-electron chi connectivity index (χ3n) is 4.77. The fraction of sp³-hybridized carbons (Fsp3) is 0.174. The SMILES string of the molecule is CN1CCc2ccc(NC(=O)c3ccccc3Oc3ccccc3)cc2C1. The Labute approximate surface area is 159 Å². The van der Waals surface area contributed by atoms with E-state index in [1.807, 2.05) is 54.6 Å². The number of nitrogens with zero attached hydrogens (tertiary/aromatic N) is 1. The number of likely N-dealkylation sites (N-methyl/N-ethyl adjacent to an activating group) is 1. The van der Waals surface area contributed by atoms with Gasteiger partial charge in [0.25, 0.3) is 5.91 Å². The number of hydrogen-bond donors (Lipinski definition) is 1. The molecule has 0 radical (unpaired) electrons. The molecule has 1 heterocycles. The van der Waals surface area contributed by atoms with E-state index in [1.54, 1.807) is 6.07 Å². The van der Waals surface area contributed by atoms with Crippen molar-refractivity contribution >= 4 is 11.6 Å². The van der Waals surface area contributed by atoms with Crippen LogP contribution in [0, 0.1) is 0 Å². The van der Waals surface area contributed by atoms with Gasteiger partial charge >= 0.3 is 0 Å². The van der Waals surface area contributed by atoms with Crippen molar-refractivity contribution in [3.63, 3.8) is 0 Å². The molecule has 0 saturated carbocycles. The van der Waals surface area contributed by atoms with Crippen LogP contribution in [0.3, 0.4) is 0 Å². The Morgan fingerprint density at radius 1 is 0.963 bits per heavy atom. The minimum atomic E-state index is -0.175. The predicted octanol–water partition coefficient (Wildman–Crippen LogP) is 4.72. The molecule has 1 N–H and O–H groups in total. The summed E-state index contributed by atoms with van der Waals surface area (Å²) in [5, 5.41) is 3.01. The van der Waals surface area contributed by atoms with E-state index in [0.717, 1.165) is 25.2 Å². The van der Waals surface area contributed by atoms with Crippen molar-refractivity contribution in [2.45, 2.75) is 13.0 Å². The molecule has 0 unspecified atom stereocenters. The van der Waals surface area contributed by atoms with Gasteiger partial charge in [-0.15, -0.1) is 0 Å². The summed E-state index contributed by atoms with van der Waals surface area (Å²) in [5.74, 6) is 1.07. The average Bonchev–Trinajstić information content (AvgIpc) is 2.69. The molecule has 136 valence electrons. The number of rotatable bonds is 4. The number of para-hydroxylation sites is 2. The largest absolute Gasteiger partial charge is 0.457 e. The Morgan fingerprint density at radius 3 is 2.59 bits per heavy atom. The topological polar surface area (TPSA) is 41.6 Å². The summed E-state index contributed by atoms with van der Waals surface area (Å²) in [5.41, 5.74) is 3.95. The van der Waals surface area contributed by atoms with Crippen LogP contribution in [-0.4, -0.2) is 24.4 Å². The van der Waals surface area contributed by atoms with Crippen molar-refractivity contribution in [1.29, 1.82) is 0 Å². The number of carbonyl (C=O) groups is 1. The van der Waals surface area contributed by atoms with Crippen LogP contribution in [-0.2, 0) is 13.0 Å². The molecule has 3 aromatic carbocycles. The molecule has 0 bridgehead atoms. The monoisotopic (exact) mass is 358 g/mol. The molecule has 4 nitrogen and oxygen atoms in total. The van der Waals surface area contributed by atoms with Crippen molar-refractivity contribution in [3.8, 4) is 11.5 Å². The second kappa shape index (κ2) is 7.64. The van der Waals surface area contributed by atoms with Crippen LogP contribution in [0.4, 0.5) is 5.69 Å². The minimum Gasteiger partial charge on any atom is -0.457 e. The van der Waals surface area contributed by atoms with E-state index in [4.69, 9.17) is 4.74 Å². The Morgan fingerprint density at radius 2 is 1.74 bits per heavy atom. The maximum absolute atomic E-state index is 12.9. The first-order valence-corrected chi connectivity index (χ1v) is 9.13. The molecular weight excluding hydrogens is 336 g/mol. The molecule has 3 aromatic rings. The van der Waals surface area contributed by atoms with Gasteiger partial charge in [-0.3, -0.25) is 4.79 Å². The van der Waals surface area contributed by atoms with E-state index in [0.29, 0.717) is 17.1 Å². The average molecular weight is 358 g/mol. The quantitative estimate of drug-likeness (QED) is 0.734. The molecule has 1 aliphatic heterocycles. The zero-order chi connectivity index (χ0) is 18.6. The van der Waals surface area contributed by atoms with E-state index >= 15 is 0 Å². The molecule has 0 saturated heterocycles. The summed E-state index contributed by atoms with van der Waals surface area (Å²) in [6.07, 6.45) is 1.05. The summed E-state index contributed by atoms with van der Waals surface area (Å²) >= 11 is 0. The zero-order valence-corrected chi connectivity index (χ0v) is 15.3. The van der Waals surface area contributed by atoms with Crippen LogP contribution in [0.25, 0.3) is 0 Å². The number of ether oxygens (including phenoxy) is 1. The smallest absolute Gasteiger partial charge is 0.259 e. The molecule has 4 rings (SSSR count). The number of carbonyl (C=O) groups excluding carboxylic acids is 1. The summed E-state index contributed by atoms with van der Waals surface area (Å²) in [6.45, 7) is 1.98. The van der Waals surface area contributed by atoms with Crippen molar-refractivity contribution < 1.29 is 9.53 Å². The molecule has 0 spiro atoms. The highest BCUT2D eigenvalue weighted by molar-refractivity contribution is 6.06. The molecule has 0 aliphatic carbocycles. The second-order valence-electron chi connectivity index (χ2n) is 6.84. The molecule has 1 amide bonds. The standard InChI is InChI=1S/C23H22N2O2/c1-25-14-13-17-11-12-19(15-18(17)16-25)24-23(26)21-9-5-6-10-22(21)27-20-7-3-2-4-8-20/h2-12,15H,13-14,16H2,1H3,(H,24,26). The Bertz CT molecular complexity index is 954. The highest BCUT2D eigenvalue weighted by Gasteiger charge is 2.16.